The molecule has 5 nitrogen and oxygen atoms in total. The highest BCUT2D eigenvalue weighted by Gasteiger charge is 2.39. The second-order valence-corrected chi connectivity index (χ2v) is 5.21. The first-order valence-electron chi connectivity index (χ1n) is 5.82. The molecule has 1 fully saturated rings. The Labute approximate surface area is 106 Å². The number of carbonyl (C=O) groups excluding carboxylic acids is 2. The van der Waals surface area contributed by atoms with E-state index in [9.17, 15) is 9.59 Å². The Morgan fingerprint density at radius 1 is 1.18 bits per heavy atom. The Kier molecular flexibility index (Phi) is 5.77. The number of hydrogen-bond donors (Lipinski definition) is 1. The first kappa shape index (κ1) is 14.3. The normalized spacial score (nSPS) is 17.8. The number of hydrogen-bond acceptors (Lipinski definition) is 6. The van der Waals surface area contributed by atoms with Gasteiger partial charge >= 0.3 is 11.9 Å². The van der Waals surface area contributed by atoms with Crippen molar-refractivity contribution in [3.63, 3.8) is 0 Å². The van der Waals surface area contributed by atoms with Crippen molar-refractivity contribution in [3.8, 4) is 0 Å². The number of esters is 2. The molecule has 0 aromatic rings. The maximum absolute atomic E-state index is 11.5. The summed E-state index contributed by atoms with van der Waals surface area (Å²) in [6.45, 7) is 5.05. The van der Waals surface area contributed by atoms with Gasteiger partial charge in [-0.25, -0.2) is 0 Å². The minimum absolute atomic E-state index is 0.199. The first-order valence-corrected chi connectivity index (χ1v) is 6.80. The molecule has 0 saturated carbocycles. The average molecular weight is 261 g/mol. The smallest absolute Gasteiger partial charge is 0.308 e. The highest BCUT2D eigenvalue weighted by atomic mass is 32.2. The molecule has 6 heteroatoms. The van der Waals surface area contributed by atoms with Crippen molar-refractivity contribution in [1.29, 1.82) is 0 Å². The molecule has 98 valence electrons. The zero-order valence-corrected chi connectivity index (χ0v) is 11.1. The minimum atomic E-state index is -0.543. The number of ether oxygens (including phenoxy) is 2. The molecular weight excluding hydrogens is 242 g/mol. The third-order valence-corrected chi connectivity index (χ3v) is 3.79. The molecule has 0 radical (unpaired) electrons. The van der Waals surface area contributed by atoms with Gasteiger partial charge in [-0.2, -0.15) is 0 Å². The SMILES string of the molecule is CCOC(=O)CC1(CC(=O)OCC)NCCS1. The van der Waals surface area contributed by atoms with E-state index >= 15 is 0 Å². The third-order valence-electron chi connectivity index (χ3n) is 2.40. The standard InChI is InChI=1S/C11H19NO4S/c1-3-15-9(13)7-11(12-5-6-17-11)8-10(14)16-4-2/h12H,3-8H2,1-2H3. The van der Waals surface area contributed by atoms with Gasteiger partial charge in [0.2, 0.25) is 0 Å². The minimum Gasteiger partial charge on any atom is -0.466 e. The second-order valence-electron chi connectivity index (χ2n) is 3.73. The Morgan fingerprint density at radius 2 is 1.71 bits per heavy atom. The summed E-state index contributed by atoms with van der Waals surface area (Å²) in [5.41, 5.74) is 0. The van der Waals surface area contributed by atoms with E-state index in [1.807, 2.05) is 0 Å². The van der Waals surface area contributed by atoms with Gasteiger partial charge in [-0.3, -0.25) is 9.59 Å². The van der Waals surface area contributed by atoms with Gasteiger partial charge in [0.1, 0.15) is 0 Å². The summed E-state index contributed by atoms with van der Waals surface area (Å²) < 4.78 is 9.85. The molecule has 0 spiro atoms. The highest BCUT2D eigenvalue weighted by Crippen LogP contribution is 2.34. The van der Waals surface area contributed by atoms with E-state index in [4.69, 9.17) is 9.47 Å². The van der Waals surface area contributed by atoms with Crippen molar-refractivity contribution < 1.29 is 19.1 Å². The van der Waals surface area contributed by atoms with E-state index < -0.39 is 4.87 Å². The maximum atomic E-state index is 11.5. The van der Waals surface area contributed by atoms with Crippen LogP contribution in [0.2, 0.25) is 0 Å². The summed E-state index contributed by atoms with van der Waals surface area (Å²) in [5, 5.41) is 3.21. The van der Waals surface area contributed by atoms with Crippen molar-refractivity contribution in [1.82, 2.24) is 5.32 Å². The largest absolute Gasteiger partial charge is 0.466 e. The van der Waals surface area contributed by atoms with E-state index in [-0.39, 0.29) is 24.8 Å². The lowest BCUT2D eigenvalue weighted by Crippen LogP contribution is -2.42. The van der Waals surface area contributed by atoms with E-state index in [0.717, 1.165) is 12.3 Å². The fourth-order valence-electron chi connectivity index (χ4n) is 1.76. The van der Waals surface area contributed by atoms with Crippen LogP contribution in [0.3, 0.4) is 0 Å². The van der Waals surface area contributed by atoms with Gasteiger partial charge in [0.05, 0.1) is 30.9 Å². The van der Waals surface area contributed by atoms with Crippen molar-refractivity contribution in [3.05, 3.63) is 0 Å². The Bertz CT molecular complexity index is 255. The zero-order valence-electron chi connectivity index (χ0n) is 10.3. The van der Waals surface area contributed by atoms with E-state index in [1.54, 1.807) is 25.6 Å². The number of nitrogens with one attached hydrogen (secondary N) is 1. The van der Waals surface area contributed by atoms with Gasteiger partial charge in [0.25, 0.3) is 0 Å². The van der Waals surface area contributed by atoms with E-state index in [1.165, 1.54) is 0 Å². The molecule has 1 N–H and O–H groups in total. The molecule has 0 amide bonds. The lowest BCUT2D eigenvalue weighted by Gasteiger charge is -2.26. The highest BCUT2D eigenvalue weighted by molar-refractivity contribution is 8.00. The number of thioether (sulfide) groups is 1. The molecule has 17 heavy (non-hydrogen) atoms. The van der Waals surface area contributed by atoms with Crippen LogP contribution in [0, 0.1) is 0 Å². The molecule has 1 saturated heterocycles. The topological polar surface area (TPSA) is 64.6 Å². The fourth-order valence-corrected chi connectivity index (χ4v) is 2.99. The van der Waals surface area contributed by atoms with Crippen molar-refractivity contribution >= 4 is 23.7 Å². The summed E-state index contributed by atoms with van der Waals surface area (Å²) in [6, 6.07) is 0. The molecule has 0 aliphatic carbocycles. The van der Waals surface area contributed by atoms with Crippen molar-refractivity contribution in [2.45, 2.75) is 31.6 Å². The fraction of sp³-hybridized carbons (Fsp3) is 0.818. The van der Waals surface area contributed by atoms with Gasteiger partial charge in [-0.15, -0.1) is 11.8 Å². The summed E-state index contributed by atoms with van der Waals surface area (Å²) in [5.74, 6) is 0.330. The average Bonchev–Trinajstić information content (AvgIpc) is 2.66. The number of carbonyl (C=O) groups is 2. The molecule has 1 aliphatic heterocycles. The monoisotopic (exact) mass is 261 g/mol. The Morgan fingerprint density at radius 3 is 2.06 bits per heavy atom. The summed E-state index contributed by atoms with van der Waals surface area (Å²) in [6.07, 6.45) is 0.397. The van der Waals surface area contributed by atoms with Gasteiger partial charge in [0.15, 0.2) is 0 Å². The predicted octanol–water partition coefficient (Wildman–Crippen LogP) is 0.925. The second kappa shape index (κ2) is 6.86. The summed E-state index contributed by atoms with van der Waals surface area (Å²) in [7, 11) is 0. The van der Waals surface area contributed by atoms with Crippen LogP contribution in [-0.4, -0.2) is 42.3 Å². The van der Waals surface area contributed by atoms with Gasteiger partial charge in [0, 0.05) is 12.3 Å². The van der Waals surface area contributed by atoms with E-state index in [0.29, 0.717) is 13.2 Å². The maximum Gasteiger partial charge on any atom is 0.308 e. The Balaban J connectivity index is 2.56. The van der Waals surface area contributed by atoms with Crippen LogP contribution in [0.4, 0.5) is 0 Å². The van der Waals surface area contributed by atoms with Crippen LogP contribution in [0.25, 0.3) is 0 Å². The number of rotatable bonds is 6. The molecule has 0 atom stereocenters. The molecule has 1 heterocycles. The molecule has 0 aromatic carbocycles. The van der Waals surface area contributed by atoms with Crippen LogP contribution in [0.1, 0.15) is 26.7 Å². The molecule has 0 aromatic heterocycles. The van der Waals surface area contributed by atoms with Crippen molar-refractivity contribution in [2.24, 2.45) is 0 Å². The molecular formula is C11H19NO4S. The van der Waals surface area contributed by atoms with Crippen LogP contribution >= 0.6 is 11.8 Å². The first-order chi connectivity index (χ1) is 8.12. The molecule has 0 bridgehead atoms. The predicted molar refractivity (Wildman–Crippen MR) is 65.7 cm³/mol. The third kappa shape index (κ3) is 4.55. The van der Waals surface area contributed by atoms with Crippen LogP contribution < -0.4 is 5.32 Å². The van der Waals surface area contributed by atoms with E-state index in [2.05, 4.69) is 5.32 Å². The zero-order chi connectivity index (χ0) is 12.7. The van der Waals surface area contributed by atoms with Gasteiger partial charge in [-0.1, -0.05) is 0 Å². The van der Waals surface area contributed by atoms with Crippen LogP contribution in [0.15, 0.2) is 0 Å². The van der Waals surface area contributed by atoms with Crippen molar-refractivity contribution in [2.75, 3.05) is 25.5 Å². The molecule has 1 rings (SSSR count). The molecule has 1 aliphatic rings. The molecule has 0 unspecified atom stereocenters. The summed E-state index contributed by atoms with van der Waals surface area (Å²) >= 11 is 1.59. The lowest BCUT2D eigenvalue weighted by molar-refractivity contribution is -0.146. The van der Waals surface area contributed by atoms with Crippen LogP contribution in [-0.2, 0) is 19.1 Å². The van der Waals surface area contributed by atoms with Gasteiger partial charge < -0.3 is 14.8 Å². The van der Waals surface area contributed by atoms with Crippen LogP contribution in [0.5, 0.6) is 0 Å². The summed E-state index contributed by atoms with van der Waals surface area (Å²) in [4.78, 5) is 22.5. The van der Waals surface area contributed by atoms with Gasteiger partial charge in [-0.05, 0) is 13.8 Å². The lowest BCUT2D eigenvalue weighted by atomic mass is 10.1. The quantitative estimate of drug-likeness (QED) is 0.717. The Hall–Kier alpha value is -0.750.